The van der Waals surface area contributed by atoms with Crippen LogP contribution in [0.15, 0.2) is 18.2 Å². The lowest BCUT2D eigenvalue weighted by Crippen LogP contribution is -2.15. The fraction of sp³-hybridized carbons (Fsp3) is 0.417. The third-order valence-corrected chi connectivity index (χ3v) is 2.40. The van der Waals surface area contributed by atoms with E-state index in [-0.39, 0.29) is 0 Å². The van der Waals surface area contributed by atoms with E-state index in [1.807, 2.05) is 25.1 Å². The fourth-order valence-electron chi connectivity index (χ4n) is 1.30. The number of anilines is 1. The Labute approximate surface area is 85.6 Å². The van der Waals surface area contributed by atoms with Crippen molar-refractivity contribution in [1.82, 2.24) is 0 Å². The zero-order chi connectivity index (χ0) is 10.6. The van der Waals surface area contributed by atoms with E-state index in [9.17, 15) is 0 Å². The minimum Gasteiger partial charge on any atom is -0.381 e. The third-order valence-electron chi connectivity index (χ3n) is 2.40. The molecule has 1 N–H and O–H groups in total. The highest BCUT2D eigenvalue weighted by Gasteiger charge is 2.06. The maximum absolute atomic E-state index is 8.94. The average molecular weight is 188 g/mol. The molecular weight excluding hydrogens is 172 g/mol. The normalized spacial score (nSPS) is 11.9. The molecule has 0 spiro atoms. The number of rotatable bonds is 3. The number of hydrogen-bond donors (Lipinski definition) is 1. The van der Waals surface area contributed by atoms with Gasteiger partial charge in [0.25, 0.3) is 0 Å². The van der Waals surface area contributed by atoms with Crippen LogP contribution in [-0.4, -0.2) is 6.04 Å². The van der Waals surface area contributed by atoms with E-state index in [0.717, 1.165) is 23.2 Å². The summed E-state index contributed by atoms with van der Waals surface area (Å²) in [7, 11) is 0. The Kier molecular flexibility index (Phi) is 3.53. The van der Waals surface area contributed by atoms with Crippen molar-refractivity contribution < 1.29 is 0 Å². The summed E-state index contributed by atoms with van der Waals surface area (Å²) in [5.41, 5.74) is 2.83. The molecule has 0 saturated heterocycles. The van der Waals surface area contributed by atoms with Gasteiger partial charge in [-0.2, -0.15) is 5.26 Å². The molecule has 74 valence electrons. The van der Waals surface area contributed by atoms with Crippen LogP contribution < -0.4 is 5.32 Å². The largest absolute Gasteiger partial charge is 0.381 e. The van der Waals surface area contributed by atoms with Gasteiger partial charge in [-0.15, -0.1) is 0 Å². The van der Waals surface area contributed by atoms with Gasteiger partial charge in [-0.05, 0) is 31.9 Å². The Morgan fingerprint density at radius 3 is 2.79 bits per heavy atom. The number of nitriles is 1. The highest BCUT2D eigenvalue weighted by molar-refractivity contribution is 5.62. The number of benzene rings is 1. The van der Waals surface area contributed by atoms with Crippen molar-refractivity contribution in [3.8, 4) is 6.07 Å². The van der Waals surface area contributed by atoms with Crippen molar-refractivity contribution in [3.05, 3.63) is 29.3 Å². The molecule has 0 aliphatic heterocycles. The maximum Gasteiger partial charge on any atom is 0.101 e. The van der Waals surface area contributed by atoms with Crippen LogP contribution in [0.2, 0.25) is 0 Å². The molecule has 0 bridgehead atoms. The maximum atomic E-state index is 8.94. The average Bonchev–Trinajstić information content (AvgIpc) is 2.20. The van der Waals surface area contributed by atoms with Crippen molar-refractivity contribution in [2.75, 3.05) is 5.32 Å². The SMILES string of the molecule is CCC(C)Nc1c(C)cccc1C#N. The van der Waals surface area contributed by atoms with Gasteiger partial charge in [-0.25, -0.2) is 0 Å². The monoisotopic (exact) mass is 188 g/mol. The van der Waals surface area contributed by atoms with Gasteiger partial charge < -0.3 is 5.32 Å². The molecule has 1 unspecified atom stereocenters. The number of para-hydroxylation sites is 1. The molecule has 1 aromatic rings. The summed E-state index contributed by atoms with van der Waals surface area (Å²) in [6.07, 6.45) is 1.05. The van der Waals surface area contributed by atoms with Gasteiger partial charge in [-0.1, -0.05) is 19.1 Å². The fourth-order valence-corrected chi connectivity index (χ4v) is 1.30. The van der Waals surface area contributed by atoms with Crippen molar-refractivity contribution in [2.45, 2.75) is 33.2 Å². The topological polar surface area (TPSA) is 35.8 Å². The van der Waals surface area contributed by atoms with Crippen LogP contribution in [0.4, 0.5) is 5.69 Å². The molecule has 2 nitrogen and oxygen atoms in total. The van der Waals surface area contributed by atoms with Crippen molar-refractivity contribution in [1.29, 1.82) is 5.26 Å². The predicted octanol–water partition coefficient (Wildman–Crippen LogP) is 3.08. The molecule has 0 aliphatic carbocycles. The van der Waals surface area contributed by atoms with E-state index < -0.39 is 0 Å². The second-order valence-corrected chi connectivity index (χ2v) is 3.56. The van der Waals surface area contributed by atoms with Crippen molar-refractivity contribution >= 4 is 5.69 Å². The smallest absolute Gasteiger partial charge is 0.101 e. The van der Waals surface area contributed by atoms with Gasteiger partial charge in [0.15, 0.2) is 0 Å². The molecule has 1 aromatic carbocycles. The number of nitrogens with one attached hydrogen (secondary N) is 1. The first-order chi connectivity index (χ1) is 6.69. The van der Waals surface area contributed by atoms with Crippen molar-refractivity contribution in [3.63, 3.8) is 0 Å². The minimum absolute atomic E-state index is 0.406. The van der Waals surface area contributed by atoms with E-state index in [1.165, 1.54) is 0 Å². The zero-order valence-corrected chi connectivity index (χ0v) is 8.96. The minimum atomic E-state index is 0.406. The van der Waals surface area contributed by atoms with Crippen LogP contribution in [0.25, 0.3) is 0 Å². The quantitative estimate of drug-likeness (QED) is 0.791. The first kappa shape index (κ1) is 10.6. The van der Waals surface area contributed by atoms with Crippen LogP contribution in [0.5, 0.6) is 0 Å². The number of nitrogens with zero attached hydrogens (tertiary/aromatic N) is 1. The van der Waals surface area contributed by atoms with Crippen LogP contribution in [0.1, 0.15) is 31.4 Å². The lowest BCUT2D eigenvalue weighted by Gasteiger charge is -2.16. The molecule has 0 heterocycles. The van der Waals surface area contributed by atoms with Gasteiger partial charge in [0, 0.05) is 6.04 Å². The number of aryl methyl sites for hydroxylation is 1. The summed E-state index contributed by atoms with van der Waals surface area (Å²) < 4.78 is 0. The second-order valence-electron chi connectivity index (χ2n) is 3.56. The molecular formula is C12H16N2. The third kappa shape index (κ3) is 2.26. The summed E-state index contributed by atoms with van der Waals surface area (Å²) in [5.74, 6) is 0. The highest BCUT2D eigenvalue weighted by Crippen LogP contribution is 2.20. The molecule has 0 saturated carbocycles. The van der Waals surface area contributed by atoms with E-state index >= 15 is 0 Å². The lowest BCUT2D eigenvalue weighted by molar-refractivity contribution is 0.762. The summed E-state index contributed by atoms with van der Waals surface area (Å²) in [4.78, 5) is 0. The Balaban J connectivity index is 3.00. The molecule has 0 aliphatic rings. The number of hydrogen-bond acceptors (Lipinski definition) is 2. The van der Waals surface area contributed by atoms with Crippen molar-refractivity contribution in [2.24, 2.45) is 0 Å². The molecule has 1 rings (SSSR count). The Morgan fingerprint density at radius 2 is 2.21 bits per heavy atom. The van der Waals surface area contributed by atoms with Gasteiger partial charge in [0.2, 0.25) is 0 Å². The van der Waals surface area contributed by atoms with E-state index in [2.05, 4.69) is 25.2 Å². The van der Waals surface area contributed by atoms with Gasteiger partial charge in [0.05, 0.1) is 11.3 Å². The summed E-state index contributed by atoms with van der Waals surface area (Å²) in [5, 5.41) is 12.3. The molecule has 1 atom stereocenters. The summed E-state index contributed by atoms with van der Waals surface area (Å²) in [6.45, 7) is 6.27. The van der Waals surface area contributed by atoms with E-state index in [1.54, 1.807) is 0 Å². The van der Waals surface area contributed by atoms with Gasteiger partial charge >= 0.3 is 0 Å². The molecule has 14 heavy (non-hydrogen) atoms. The van der Waals surface area contributed by atoms with E-state index in [0.29, 0.717) is 6.04 Å². The molecule has 0 radical (unpaired) electrons. The molecule has 0 amide bonds. The standard InChI is InChI=1S/C12H16N2/c1-4-10(3)14-12-9(2)6-5-7-11(12)8-13/h5-7,10,14H,4H2,1-3H3. The summed E-state index contributed by atoms with van der Waals surface area (Å²) >= 11 is 0. The van der Waals surface area contributed by atoms with Crippen LogP contribution in [-0.2, 0) is 0 Å². The Bertz CT molecular complexity index is 350. The molecule has 2 heteroatoms. The molecule has 0 aromatic heterocycles. The van der Waals surface area contributed by atoms with Crippen LogP contribution in [0.3, 0.4) is 0 Å². The summed E-state index contributed by atoms with van der Waals surface area (Å²) in [6, 6.07) is 8.39. The first-order valence-corrected chi connectivity index (χ1v) is 4.95. The van der Waals surface area contributed by atoms with Gasteiger partial charge in [0.1, 0.15) is 6.07 Å². The van der Waals surface area contributed by atoms with Gasteiger partial charge in [-0.3, -0.25) is 0 Å². The van der Waals surface area contributed by atoms with Crippen LogP contribution >= 0.6 is 0 Å². The lowest BCUT2D eigenvalue weighted by atomic mass is 10.1. The van der Waals surface area contributed by atoms with E-state index in [4.69, 9.17) is 5.26 Å². The highest BCUT2D eigenvalue weighted by atomic mass is 14.9. The predicted molar refractivity (Wildman–Crippen MR) is 59.3 cm³/mol. The Hall–Kier alpha value is -1.49. The molecule has 0 fully saturated rings. The first-order valence-electron chi connectivity index (χ1n) is 4.95. The zero-order valence-electron chi connectivity index (χ0n) is 8.96. The second kappa shape index (κ2) is 4.66. The van der Waals surface area contributed by atoms with Crippen LogP contribution in [0, 0.1) is 18.3 Å². The Morgan fingerprint density at radius 1 is 1.50 bits per heavy atom.